The molecule has 0 aromatic heterocycles. The molecule has 0 aliphatic carbocycles. The van der Waals surface area contributed by atoms with E-state index in [2.05, 4.69) is 34.4 Å². The van der Waals surface area contributed by atoms with Crippen LogP contribution in [0, 0.1) is 0 Å². The van der Waals surface area contributed by atoms with Crippen molar-refractivity contribution in [3.05, 3.63) is 30.3 Å². The first-order chi connectivity index (χ1) is 13.3. The quantitative estimate of drug-likeness (QED) is 0.552. The first kappa shape index (κ1) is 19.9. The van der Waals surface area contributed by atoms with Gasteiger partial charge in [-0.2, -0.15) is 0 Å². The van der Waals surface area contributed by atoms with E-state index in [1.807, 2.05) is 0 Å². The minimum Gasteiger partial charge on any atom is -0.505 e. The molecule has 2 amide bonds. The van der Waals surface area contributed by atoms with Crippen LogP contribution in [0.1, 0.15) is 0 Å². The number of piperazine rings is 1. The molecule has 8 heteroatoms. The number of likely N-dealkylation sites (N-methyl/N-ethyl adjacent to an activating group) is 2. The Morgan fingerprint density at radius 3 is 2.50 bits per heavy atom. The molecule has 150 valence electrons. The molecule has 1 heterocycles. The van der Waals surface area contributed by atoms with Gasteiger partial charge in [0.2, 0.25) is 0 Å². The number of carbonyl (C=O) groups is 2. The number of anilines is 2. The van der Waals surface area contributed by atoms with Crippen LogP contribution in [0.25, 0.3) is 10.8 Å². The van der Waals surface area contributed by atoms with E-state index in [0.29, 0.717) is 33.2 Å². The second-order valence-electron chi connectivity index (χ2n) is 7.56. The summed E-state index contributed by atoms with van der Waals surface area (Å²) >= 11 is 0. The number of quaternary nitrogens is 1. The highest BCUT2D eigenvalue weighted by Crippen LogP contribution is 2.36. The summed E-state index contributed by atoms with van der Waals surface area (Å²) in [6, 6.07) is 8.56. The van der Waals surface area contributed by atoms with E-state index in [9.17, 15) is 14.7 Å². The molecule has 1 saturated heterocycles. The van der Waals surface area contributed by atoms with Crippen molar-refractivity contribution in [1.29, 1.82) is 0 Å². The number of amides is 2. The van der Waals surface area contributed by atoms with Gasteiger partial charge in [-0.15, -0.1) is 0 Å². The molecule has 1 aliphatic rings. The van der Waals surface area contributed by atoms with Crippen LogP contribution >= 0.6 is 0 Å². The Kier molecular flexibility index (Phi) is 5.71. The summed E-state index contributed by atoms with van der Waals surface area (Å²) in [7, 11) is 5.45. The van der Waals surface area contributed by atoms with Crippen LogP contribution < -0.4 is 10.6 Å². The predicted molar refractivity (Wildman–Crippen MR) is 109 cm³/mol. The zero-order valence-electron chi connectivity index (χ0n) is 16.5. The fourth-order valence-electron chi connectivity index (χ4n) is 3.46. The van der Waals surface area contributed by atoms with Crippen molar-refractivity contribution in [2.75, 3.05) is 64.6 Å². The molecule has 0 bridgehead atoms. The summed E-state index contributed by atoms with van der Waals surface area (Å²) < 4.78 is 5.30. The Morgan fingerprint density at radius 1 is 1.11 bits per heavy atom. The minimum absolute atomic E-state index is 0.0274. The smallest absolute Gasteiger partial charge is 0.411 e. The third-order valence-corrected chi connectivity index (χ3v) is 5.30. The van der Waals surface area contributed by atoms with Crippen LogP contribution in [0.15, 0.2) is 30.3 Å². The van der Waals surface area contributed by atoms with Crippen molar-refractivity contribution in [3.63, 3.8) is 0 Å². The molecule has 3 N–H and O–H groups in total. The van der Waals surface area contributed by atoms with Crippen molar-refractivity contribution in [2.45, 2.75) is 0 Å². The van der Waals surface area contributed by atoms with Gasteiger partial charge in [0.25, 0.3) is 5.91 Å². The van der Waals surface area contributed by atoms with Crippen molar-refractivity contribution in [1.82, 2.24) is 4.90 Å². The number of ether oxygens (including phenoxy) is 1. The molecule has 1 aliphatic heterocycles. The number of benzene rings is 2. The van der Waals surface area contributed by atoms with Gasteiger partial charge in [0.15, 0.2) is 6.54 Å². The van der Waals surface area contributed by atoms with E-state index in [1.165, 1.54) is 7.11 Å². The average Bonchev–Trinajstić information content (AvgIpc) is 2.67. The molecule has 0 saturated carbocycles. The van der Waals surface area contributed by atoms with Crippen LogP contribution in [0.3, 0.4) is 0 Å². The van der Waals surface area contributed by atoms with Gasteiger partial charge in [-0.05, 0) is 25.2 Å². The Labute approximate surface area is 164 Å². The molecule has 2 aromatic carbocycles. The monoisotopic (exact) mass is 387 g/mol. The van der Waals surface area contributed by atoms with E-state index < -0.39 is 6.09 Å². The van der Waals surface area contributed by atoms with Gasteiger partial charge in [0.05, 0.1) is 38.6 Å². The second kappa shape index (κ2) is 8.04. The topological polar surface area (TPSA) is 90.9 Å². The highest BCUT2D eigenvalue weighted by atomic mass is 16.5. The summed E-state index contributed by atoms with van der Waals surface area (Å²) in [5.74, 6) is -0.161. The van der Waals surface area contributed by atoms with E-state index in [4.69, 9.17) is 0 Å². The van der Waals surface area contributed by atoms with Crippen molar-refractivity contribution < 1.29 is 23.9 Å². The third kappa shape index (κ3) is 4.35. The number of rotatable bonds is 4. The fourth-order valence-corrected chi connectivity index (χ4v) is 3.46. The van der Waals surface area contributed by atoms with Crippen LogP contribution in [-0.2, 0) is 9.53 Å². The number of carbonyl (C=O) groups excluding carboxylic acids is 2. The fraction of sp³-hybridized carbons (Fsp3) is 0.400. The van der Waals surface area contributed by atoms with Crippen LogP contribution in [0.2, 0.25) is 0 Å². The standard InChI is InChI=1S/C20H26N4O4/c1-23-9-11-24(2,12-10-23)13-18(25)21-17-8-7-14-15(19(17)26)5-4-6-16(14)22-20(27)28-3/h4-8H,9-13H2,1-3H3,(H2-,21,22,25,26,27)/p+1. The van der Waals surface area contributed by atoms with Gasteiger partial charge >= 0.3 is 6.09 Å². The number of hydrogen-bond donors (Lipinski definition) is 3. The van der Waals surface area contributed by atoms with Gasteiger partial charge in [0.1, 0.15) is 5.75 Å². The Morgan fingerprint density at radius 2 is 1.82 bits per heavy atom. The maximum atomic E-state index is 12.6. The second-order valence-corrected chi connectivity index (χ2v) is 7.56. The molecule has 3 rings (SSSR count). The van der Waals surface area contributed by atoms with Crippen molar-refractivity contribution in [2.24, 2.45) is 0 Å². The lowest BCUT2D eigenvalue weighted by Gasteiger charge is -2.40. The summed E-state index contributed by atoms with van der Waals surface area (Å²) in [4.78, 5) is 26.3. The van der Waals surface area contributed by atoms with E-state index in [1.54, 1.807) is 30.3 Å². The molecule has 2 aromatic rings. The summed E-state index contributed by atoms with van der Waals surface area (Å²) in [5, 5.41) is 17.3. The maximum absolute atomic E-state index is 12.6. The van der Waals surface area contributed by atoms with Gasteiger partial charge in [-0.25, -0.2) is 4.79 Å². The minimum atomic E-state index is -0.589. The van der Waals surface area contributed by atoms with Gasteiger partial charge < -0.3 is 19.6 Å². The highest BCUT2D eigenvalue weighted by Gasteiger charge is 2.30. The molecule has 1 fully saturated rings. The van der Waals surface area contributed by atoms with Gasteiger partial charge in [-0.3, -0.25) is 15.0 Å². The number of aromatic hydroxyl groups is 1. The molecular formula is C20H27N4O4+. The van der Waals surface area contributed by atoms with Crippen molar-refractivity contribution >= 4 is 34.1 Å². The number of fused-ring (bicyclic) bond motifs is 1. The molecule has 28 heavy (non-hydrogen) atoms. The third-order valence-electron chi connectivity index (χ3n) is 5.30. The van der Waals surface area contributed by atoms with Gasteiger partial charge in [0, 0.05) is 23.9 Å². The molecule has 0 atom stereocenters. The molecule has 0 spiro atoms. The molecule has 0 unspecified atom stereocenters. The number of methoxy groups -OCH3 is 1. The molecule has 0 radical (unpaired) electrons. The Balaban J connectivity index is 1.77. The first-order valence-electron chi connectivity index (χ1n) is 9.23. The normalized spacial score (nSPS) is 16.5. The van der Waals surface area contributed by atoms with E-state index in [-0.39, 0.29) is 11.7 Å². The number of nitrogens with zero attached hydrogens (tertiary/aromatic N) is 2. The lowest BCUT2D eigenvalue weighted by molar-refractivity contribution is -0.905. The summed E-state index contributed by atoms with van der Waals surface area (Å²) in [5.41, 5.74) is 0.876. The Bertz CT molecular complexity index is 891. The SMILES string of the molecule is COC(=O)Nc1cccc2c(O)c(NC(=O)C[N+]3(C)CCN(C)CC3)ccc12. The summed E-state index contributed by atoms with van der Waals surface area (Å²) in [6.07, 6.45) is -0.589. The first-order valence-corrected chi connectivity index (χ1v) is 9.23. The highest BCUT2D eigenvalue weighted by molar-refractivity contribution is 6.06. The van der Waals surface area contributed by atoms with E-state index in [0.717, 1.165) is 26.2 Å². The van der Waals surface area contributed by atoms with Gasteiger partial charge in [-0.1, -0.05) is 12.1 Å². The lowest BCUT2D eigenvalue weighted by Crippen LogP contribution is -2.58. The number of phenolic OH excluding ortho intramolecular Hbond substituents is 1. The number of hydrogen-bond acceptors (Lipinski definition) is 5. The van der Waals surface area contributed by atoms with Crippen LogP contribution in [0.4, 0.5) is 16.2 Å². The molecular weight excluding hydrogens is 360 g/mol. The zero-order valence-corrected chi connectivity index (χ0v) is 16.5. The van der Waals surface area contributed by atoms with Crippen LogP contribution in [-0.4, -0.2) is 80.4 Å². The predicted octanol–water partition coefficient (Wildman–Crippen LogP) is 2.05. The Hall–Kier alpha value is -2.84. The molecule has 8 nitrogen and oxygen atoms in total. The summed E-state index contributed by atoms with van der Waals surface area (Å²) in [6.45, 7) is 4.10. The number of phenols is 1. The lowest BCUT2D eigenvalue weighted by atomic mass is 10.1. The zero-order chi connectivity index (χ0) is 20.3. The van der Waals surface area contributed by atoms with Crippen LogP contribution in [0.5, 0.6) is 5.75 Å². The maximum Gasteiger partial charge on any atom is 0.411 e. The average molecular weight is 387 g/mol. The van der Waals surface area contributed by atoms with Crippen molar-refractivity contribution in [3.8, 4) is 5.75 Å². The number of nitrogens with one attached hydrogen (secondary N) is 2. The largest absolute Gasteiger partial charge is 0.505 e. The van der Waals surface area contributed by atoms with E-state index >= 15 is 0 Å².